The number of nitrogens with zero attached hydrogens (tertiary/aromatic N) is 1. The molecule has 1 heterocycles. The summed E-state index contributed by atoms with van der Waals surface area (Å²) in [5.41, 5.74) is 3.03. The number of rotatable bonds is 4. The van der Waals surface area contributed by atoms with E-state index in [0.29, 0.717) is 10.8 Å². The van der Waals surface area contributed by atoms with E-state index in [1.165, 1.54) is 5.56 Å². The number of hydrogen-bond acceptors (Lipinski definition) is 3. The highest BCUT2D eigenvalue weighted by atomic mass is 35.5. The number of carbonyl (C=O) groups is 1. The Morgan fingerprint density at radius 3 is 2.31 bits per heavy atom. The van der Waals surface area contributed by atoms with E-state index in [9.17, 15) is 4.79 Å². The summed E-state index contributed by atoms with van der Waals surface area (Å²) in [6.07, 6.45) is 4.78. The van der Waals surface area contributed by atoms with Crippen LogP contribution in [0.5, 0.6) is 11.5 Å². The van der Waals surface area contributed by atoms with E-state index in [-0.39, 0.29) is 11.9 Å². The van der Waals surface area contributed by atoms with Crippen molar-refractivity contribution in [1.82, 2.24) is 4.90 Å². The smallest absolute Gasteiger partial charge is 0.233 e. The maximum atomic E-state index is 13.9. The lowest BCUT2D eigenvalue weighted by Crippen LogP contribution is -2.48. The van der Waals surface area contributed by atoms with Gasteiger partial charge in [0.25, 0.3) is 0 Å². The third-order valence-electron chi connectivity index (χ3n) is 6.71. The van der Waals surface area contributed by atoms with Crippen molar-refractivity contribution < 1.29 is 14.3 Å². The molecule has 1 aliphatic heterocycles. The third-order valence-corrected chi connectivity index (χ3v) is 6.96. The molecule has 0 unspecified atom stereocenters. The molecule has 1 saturated carbocycles. The van der Waals surface area contributed by atoms with Crippen molar-refractivity contribution in [2.24, 2.45) is 0 Å². The molecule has 2 aromatic rings. The zero-order valence-corrected chi connectivity index (χ0v) is 18.1. The predicted octanol–water partition coefficient (Wildman–Crippen LogP) is 5.31. The van der Waals surface area contributed by atoms with Gasteiger partial charge in [-0.05, 0) is 67.1 Å². The lowest BCUT2D eigenvalue weighted by Gasteiger charge is -2.41. The van der Waals surface area contributed by atoms with E-state index in [4.69, 9.17) is 21.1 Å². The molecule has 5 heteroatoms. The largest absolute Gasteiger partial charge is 0.493 e. The first-order valence-corrected chi connectivity index (χ1v) is 10.7. The van der Waals surface area contributed by atoms with Gasteiger partial charge in [0.1, 0.15) is 0 Å². The lowest BCUT2D eigenvalue weighted by atomic mass is 9.76. The van der Waals surface area contributed by atoms with Gasteiger partial charge in [-0.1, -0.05) is 36.6 Å². The van der Waals surface area contributed by atoms with Crippen LogP contribution in [0.15, 0.2) is 36.4 Å². The molecule has 0 bridgehead atoms. The van der Waals surface area contributed by atoms with Gasteiger partial charge in [-0.2, -0.15) is 0 Å². The summed E-state index contributed by atoms with van der Waals surface area (Å²) in [7, 11) is 3.30. The Hall–Kier alpha value is -2.20. The average molecular weight is 414 g/mol. The summed E-state index contributed by atoms with van der Waals surface area (Å²) in [6, 6.07) is 11.9. The van der Waals surface area contributed by atoms with Crippen LogP contribution < -0.4 is 9.47 Å². The topological polar surface area (TPSA) is 38.8 Å². The maximum Gasteiger partial charge on any atom is 0.233 e. The molecule has 154 valence electrons. The van der Waals surface area contributed by atoms with E-state index in [0.717, 1.165) is 55.5 Å². The van der Waals surface area contributed by atoms with Gasteiger partial charge in [-0.15, -0.1) is 0 Å². The van der Waals surface area contributed by atoms with Crippen molar-refractivity contribution >= 4 is 17.5 Å². The number of carbonyl (C=O) groups excluding carboxylic acids is 1. The van der Waals surface area contributed by atoms with Crippen LogP contribution in [0.1, 0.15) is 55.3 Å². The van der Waals surface area contributed by atoms with Crippen LogP contribution in [0.2, 0.25) is 5.02 Å². The van der Waals surface area contributed by atoms with Crippen LogP contribution in [0, 0.1) is 0 Å². The van der Waals surface area contributed by atoms with Gasteiger partial charge >= 0.3 is 0 Å². The summed E-state index contributed by atoms with van der Waals surface area (Å²) >= 11 is 6.11. The number of fused-ring (bicyclic) bond motifs is 1. The first-order valence-electron chi connectivity index (χ1n) is 10.3. The Balaban J connectivity index is 1.69. The van der Waals surface area contributed by atoms with Crippen molar-refractivity contribution in [3.63, 3.8) is 0 Å². The fourth-order valence-electron chi connectivity index (χ4n) is 5.07. The zero-order valence-electron chi connectivity index (χ0n) is 17.3. The molecule has 0 radical (unpaired) electrons. The van der Waals surface area contributed by atoms with Crippen molar-refractivity contribution in [2.45, 2.75) is 50.5 Å². The number of methoxy groups -OCH3 is 2. The highest BCUT2D eigenvalue weighted by Gasteiger charge is 2.46. The first kappa shape index (κ1) is 20.1. The molecule has 0 spiro atoms. The van der Waals surface area contributed by atoms with Crippen molar-refractivity contribution in [3.05, 3.63) is 58.1 Å². The van der Waals surface area contributed by atoms with Crippen LogP contribution >= 0.6 is 11.6 Å². The highest BCUT2D eigenvalue weighted by molar-refractivity contribution is 6.30. The van der Waals surface area contributed by atoms with Crippen molar-refractivity contribution in [1.29, 1.82) is 0 Å². The van der Waals surface area contributed by atoms with Crippen molar-refractivity contribution in [3.8, 4) is 11.5 Å². The number of ether oxygens (including phenoxy) is 2. The molecule has 29 heavy (non-hydrogen) atoms. The second-order valence-electron chi connectivity index (χ2n) is 8.13. The Bertz CT molecular complexity index is 903. The molecule has 1 aliphatic carbocycles. The normalized spacial score (nSPS) is 20.3. The SMILES string of the molecule is COc1cc2c(cc1OC)[C@H](C)N(C(=O)C1(c3ccc(Cl)cc3)CCCC1)CC2. The standard InChI is InChI=1S/C24H28ClNO3/c1-16-20-15-22(29-3)21(28-2)14-17(20)10-13-26(16)23(27)24(11-4-5-12-24)18-6-8-19(25)9-7-18/h6-9,14-16H,4-5,10-13H2,1-3H3/t16-/m0/s1. The first-order chi connectivity index (χ1) is 14.0. The van der Waals surface area contributed by atoms with Gasteiger partial charge in [-0.25, -0.2) is 0 Å². The van der Waals surface area contributed by atoms with E-state index >= 15 is 0 Å². The van der Waals surface area contributed by atoms with Gasteiger partial charge < -0.3 is 14.4 Å². The molecule has 1 atom stereocenters. The van der Waals surface area contributed by atoms with Crippen molar-refractivity contribution in [2.75, 3.05) is 20.8 Å². The summed E-state index contributed by atoms with van der Waals surface area (Å²) in [4.78, 5) is 16.0. The van der Waals surface area contributed by atoms with Crippen LogP contribution in [0.3, 0.4) is 0 Å². The molecule has 1 amide bonds. The minimum atomic E-state index is -0.438. The minimum absolute atomic E-state index is 0.00386. The number of hydrogen-bond donors (Lipinski definition) is 0. The molecule has 0 N–H and O–H groups in total. The predicted molar refractivity (Wildman–Crippen MR) is 115 cm³/mol. The maximum absolute atomic E-state index is 13.9. The van der Waals surface area contributed by atoms with Crippen LogP contribution in [0.25, 0.3) is 0 Å². The van der Waals surface area contributed by atoms with E-state index in [2.05, 4.69) is 17.9 Å². The van der Waals surface area contributed by atoms with Gasteiger partial charge in [-0.3, -0.25) is 4.79 Å². The summed E-state index contributed by atoms with van der Waals surface area (Å²) in [5, 5.41) is 0.704. The van der Waals surface area contributed by atoms with Gasteiger partial charge in [0, 0.05) is 11.6 Å². The van der Waals surface area contributed by atoms with Gasteiger partial charge in [0.05, 0.1) is 25.7 Å². The number of benzene rings is 2. The fraction of sp³-hybridized carbons (Fsp3) is 0.458. The van der Waals surface area contributed by atoms with E-state index in [1.54, 1.807) is 14.2 Å². The average Bonchev–Trinajstić information content (AvgIpc) is 3.24. The van der Waals surface area contributed by atoms with Crippen LogP contribution in [0.4, 0.5) is 0 Å². The van der Waals surface area contributed by atoms with Crippen LogP contribution in [-0.2, 0) is 16.6 Å². The third kappa shape index (κ3) is 3.38. The van der Waals surface area contributed by atoms with E-state index < -0.39 is 5.41 Å². The molecule has 4 nitrogen and oxygen atoms in total. The van der Waals surface area contributed by atoms with E-state index in [1.807, 2.05) is 30.3 Å². The van der Waals surface area contributed by atoms with Gasteiger partial charge in [0.15, 0.2) is 11.5 Å². The minimum Gasteiger partial charge on any atom is -0.493 e. The molecular weight excluding hydrogens is 386 g/mol. The molecule has 1 fully saturated rings. The number of halogens is 1. The summed E-state index contributed by atoms with van der Waals surface area (Å²) in [5.74, 6) is 1.69. The Labute approximate surface area is 177 Å². The van der Waals surface area contributed by atoms with Crippen LogP contribution in [-0.4, -0.2) is 31.6 Å². The Kier molecular flexibility index (Phi) is 5.48. The molecular formula is C24H28ClNO3. The summed E-state index contributed by atoms with van der Waals surface area (Å²) in [6.45, 7) is 2.84. The monoisotopic (exact) mass is 413 g/mol. The molecule has 2 aromatic carbocycles. The highest BCUT2D eigenvalue weighted by Crippen LogP contribution is 2.46. The second kappa shape index (κ2) is 7.91. The molecule has 2 aliphatic rings. The molecule has 0 aromatic heterocycles. The second-order valence-corrected chi connectivity index (χ2v) is 8.56. The fourth-order valence-corrected chi connectivity index (χ4v) is 5.20. The Morgan fingerprint density at radius 1 is 1.07 bits per heavy atom. The molecule has 4 rings (SSSR count). The quantitative estimate of drug-likeness (QED) is 0.681. The Morgan fingerprint density at radius 2 is 1.69 bits per heavy atom. The molecule has 0 saturated heterocycles. The summed E-state index contributed by atoms with van der Waals surface area (Å²) < 4.78 is 11.0. The van der Waals surface area contributed by atoms with Gasteiger partial charge in [0.2, 0.25) is 5.91 Å². The lowest BCUT2D eigenvalue weighted by molar-refractivity contribution is -0.140. The number of amides is 1. The zero-order chi connectivity index (χ0) is 20.6.